The maximum absolute atomic E-state index is 13.9. The SMILES string of the molecule is COc1ccc(Cn2nc(C)c3c4c(c(-c5ccc(OC)cc5)nc32)c(=O)[nH]c2cc(N3CCNCC3)ccc24)cc1. The lowest BCUT2D eigenvalue weighted by Crippen LogP contribution is -2.43. The quantitative estimate of drug-likeness (QED) is 0.280. The summed E-state index contributed by atoms with van der Waals surface area (Å²) in [4.78, 5) is 24.6. The Morgan fingerprint density at radius 1 is 0.857 bits per heavy atom. The molecule has 1 saturated heterocycles. The summed E-state index contributed by atoms with van der Waals surface area (Å²) >= 11 is 0. The lowest BCUT2D eigenvalue weighted by Gasteiger charge is -2.29. The molecule has 0 aliphatic carbocycles. The van der Waals surface area contributed by atoms with Gasteiger partial charge in [-0.05, 0) is 61.0 Å². The standard InChI is InChI=1S/C33H32N6O3/c1-20-28-29-26-13-8-23(38-16-14-34-15-17-38)18-27(26)35-33(40)30(29)31(22-6-11-25(42-3)12-7-22)36-32(28)39(37-20)19-21-4-9-24(41-2)10-5-21/h4-13,18,34H,14-17,19H2,1-3H3,(H,35,40). The van der Waals surface area contributed by atoms with E-state index in [0.29, 0.717) is 17.6 Å². The second kappa shape index (κ2) is 10.5. The summed E-state index contributed by atoms with van der Waals surface area (Å²) in [5.74, 6) is 1.54. The summed E-state index contributed by atoms with van der Waals surface area (Å²) in [6.45, 7) is 6.26. The van der Waals surface area contributed by atoms with Crippen LogP contribution in [0.15, 0.2) is 71.5 Å². The van der Waals surface area contributed by atoms with Crippen molar-refractivity contribution in [1.82, 2.24) is 25.1 Å². The molecular formula is C33H32N6O3. The van der Waals surface area contributed by atoms with Crippen LogP contribution in [0.1, 0.15) is 11.3 Å². The zero-order valence-electron chi connectivity index (χ0n) is 23.9. The van der Waals surface area contributed by atoms with Crippen molar-refractivity contribution < 1.29 is 9.47 Å². The van der Waals surface area contributed by atoms with E-state index in [2.05, 4.69) is 33.4 Å². The minimum Gasteiger partial charge on any atom is -0.497 e. The number of aromatic amines is 1. The molecule has 3 aromatic heterocycles. The Bertz CT molecular complexity index is 1990. The number of benzene rings is 3. The predicted octanol–water partition coefficient (Wildman–Crippen LogP) is 4.88. The summed E-state index contributed by atoms with van der Waals surface area (Å²) in [5.41, 5.74) is 5.83. The number of hydrogen-bond acceptors (Lipinski definition) is 7. The van der Waals surface area contributed by atoms with E-state index >= 15 is 0 Å². The molecule has 9 heteroatoms. The predicted molar refractivity (Wildman–Crippen MR) is 167 cm³/mol. The molecule has 42 heavy (non-hydrogen) atoms. The van der Waals surface area contributed by atoms with Crippen molar-refractivity contribution in [2.75, 3.05) is 45.3 Å². The van der Waals surface area contributed by atoms with E-state index in [1.165, 1.54) is 0 Å². The molecule has 4 heterocycles. The number of hydrogen-bond donors (Lipinski definition) is 2. The van der Waals surface area contributed by atoms with Gasteiger partial charge in [-0.25, -0.2) is 9.67 Å². The molecule has 6 aromatic rings. The van der Waals surface area contributed by atoms with Gasteiger partial charge in [0, 0.05) is 48.2 Å². The van der Waals surface area contributed by atoms with Crippen molar-refractivity contribution in [3.8, 4) is 22.8 Å². The molecule has 0 spiro atoms. The molecule has 1 aliphatic rings. The van der Waals surface area contributed by atoms with Gasteiger partial charge in [0.2, 0.25) is 0 Å². The van der Waals surface area contributed by atoms with Crippen molar-refractivity contribution in [1.29, 1.82) is 0 Å². The Morgan fingerprint density at radius 3 is 2.24 bits per heavy atom. The minimum absolute atomic E-state index is 0.169. The molecule has 0 bridgehead atoms. The highest BCUT2D eigenvalue weighted by Crippen LogP contribution is 2.37. The van der Waals surface area contributed by atoms with Crippen LogP contribution in [0.3, 0.4) is 0 Å². The van der Waals surface area contributed by atoms with Crippen LogP contribution in [-0.4, -0.2) is 60.1 Å². The minimum atomic E-state index is -0.169. The molecule has 0 amide bonds. The largest absolute Gasteiger partial charge is 0.497 e. The molecule has 212 valence electrons. The first-order chi connectivity index (χ1) is 20.5. The van der Waals surface area contributed by atoms with Gasteiger partial charge in [-0.3, -0.25) is 4.79 Å². The Balaban J connectivity index is 1.50. The van der Waals surface area contributed by atoms with E-state index in [9.17, 15) is 4.79 Å². The normalized spacial score (nSPS) is 13.7. The molecule has 9 nitrogen and oxygen atoms in total. The number of aryl methyl sites for hydroxylation is 1. The van der Waals surface area contributed by atoms with E-state index in [4.69, 9.17) is 19.6 Å². The summed E-state index contributed by atoms with van der Waals surface area (Å²) in [6.07, 6.45) is 0. The molecule has 2 N–H and O–H groups in total. The molecule has 1 fully saturated rings. The van der Waals surface area contributed by atoms with Crippen LogP contribution in [0, 0.1) is 6.92 Å². The summed E-state index contributed by atoms with van der Waals surface area (Å²) in [6, 6.07) is 22.0. The van der Waals surface area contributed by atoms with Crippen LogP contribution in [0.2, 0.25) is 0 Å². The number of aromatic nitrogens is 4. The van der Waals surface area contributed by atoms with Crippen molar-refractivity contribution in [2.24, 2.45) is 0 Å². The Labute approximate surface area is 242 Å². The van der Waals surface area contributed by atoms with E-state index in [1.54, 1.807) is 14.2 Å². The molecule has 1 aliphatic heterocycles. The molecular weight excluding hydrogens is 528 g/mol. The highest BCUT2D eigenvalue weighted by molar-refractivity contribution is 6.21. The van der Waals surface area contributed by atoms with Crippen molar-refractivity contribution in [3.05, 3.63) is 88.3 Å². The third-order valence-electron chi connectivity index (χ3n) is 8.14. The average Bonchev–Trinajstić information content (AvgIpc) is 3.35. The summed E-state index contributed by atoms with van der Waals surface area (Å²) < 4.78 is 12.7. The number of nitrogens with one attached hydrogen (secondary N) is 2. The van der Waals surface area contributed by atoms with Gasteiger partial charge in [0.05, 0.1) is 48.4 Å². The lowest BCUT2D eigenvalue weighted by molar-refractivity contribution is 0.414. The van der Waals surface area contributed by atoms with Gasteiger partial charge in [0.25, 0.3) is 5.56 Å². The van der Waals surface area contributed by atoms with Crippen LogP contribution >= 0.6 is 0 Å². The zero-order valence-corrected chi connectivity index (χ0v) is 23.9. The Kier molecular flexibility index (Phi) is 6.51. The van der Waals surface area contributed by atoms with Gasteiger partial charge in [-0.2, -0.15) is 5.10 Å². The first kappa shape index (κ1) is 26.0. The molecule has 0 saturated carbocycles. The number of ether oxygens (including phenoxy) is 2. The number of fused-ring (bicyclic) bond motifs is 5. The summed E-state index contributed by atoms with van der Waals surface area (Å²) in [5, 5.41) is 11.6. The van der Waals surface area contributed by atoms with Crippen molar-refractivity contribution >= 4 is 38.4 Å². The van der Waals surface area contributed by atoms with Crippen molar-refractivity contribution in [2.45, 2.75) is 13.5 Å². The van der Waals surface area contributed by atoms with E-state index < -0.39 is 0 Å². The third-order valence-corrected chi connectivity index (χ3v) is 8.14. The van der Waals surface area contributed by atoms with Gasteiger partial charge in [-0.15, -0.1) is 0 Å². The number of piperazine rings is 1. The fourth-order valence-corrected chi connectivity index (χ4v) is 6.00. The fourth-order valence-electron chi connectivity index (χ4n) is 6.00. The second-order valence-corrected chi connectivity index (χ2v) is 10.6. The van der Waals surface area contributed by atoms with Crippen LogP contribution in [0.25, 0.3) is 44.0 Å². The number of rotatable bonds is 6. The monoisotopic (exact) mass is 560 g/mol. The molecule has 0 radical (unpaired) electrons. The van der Waals surface area contributed by atoms with E-state index in [0.717, 1.165) is 87.5 Å². The molecule has 0 atom stereocenters. The van der Waals surface area contributed by atoms with Crippen molar-refractivity contribution in [3.63, 3.8) is 0 Å². The lowest BCUT2D eigenvalue weighted by atomic mass is 9.98. The van der Waals surface area contributed by atoms with Crippen LogP contribution in [-0.2, 0) is 6.54 Å². The Hall–Kier alpha value is -4.89. The smallest absolute Gasteiger partial charge is 0.258 e. The number of methoxy groups -OCH3 is 2. The van der Waals surface area contributed by atoms with Gasteiger partial charge in [-0.1, -0.05) is 18.2 Å². The maximum atomic E-state index is 13.9. The second-order valence-electron chi connectivity index (χ2n) is 10.6. The number of nitrogens with zero attached hydrogens (tertiary/aromatic N) is 4. The number of H-pyrrole nitrogens is 1. The molecule has 3 aromatic carbocycles. The average molecular weight is 561 g/mol. The van der Waals surface area contributed by atoms with E-state index in [-0.39, 0.29) is 5.56 Å². The third kappa shape index (κ3) is 4.42. The highest BCUT2D eigenvalue weighted by atomic mass is 16.5. The molecule has 0 unspecified atom stereocenters. The Morgan fingerprint density at radius 2 is 1.55 bits per heavy atom. The van der Waals surface area contributed by atoms with Gasteiger partial charge in [0.1, 0.15) is 11.5 Å². The van der Waals surface area contributed by atoms with Gasteiger partial charge in [0.15, 0.2) is 5.65 Å². The number of anilines is 1. The van der Waals surface area contributed by atoms with Gasteiger partial charge < -0.3 is 24.7 Å². The first-order valence-corrected chi connectivity index (χ1v) is 14.1. The number of pyridine rings is 2. The van der Waals surface area contributed by atoms with E-state index in [1.807, 2.05) is 60.1 Å². The highest BCUT2D eigenvalue weighted by Gasteiger charge is 2.22. The van der Waals surface area contributed by atoms with Crippen LogP contribution in [0.5, 0.6) is 11.5 Å². The topological polar surface area (TPSA) is 97.3 Å². The van der Waals surface area contributed by atoms with Gasteiger partial charge >= 0.3 is 0 Å². The first-order valence-electron chi connectivity index (χ1n) is 14.1. The van der Waals surface area contributed by atoms with Crippen LogP contribution in [0.4, 0.5) is 5.69 Å². The maximum Gasteiger partial charge on any atom is 0.258 e. The molecule has 7 rings (SSSR count). The fraction of sp³-hybridized carbons (Fsp3) is 0.242. The van der Waals surface area contributed by atoms with Crippen LogP contribution < -0.4 is 25.2 Å². The zero-order chi connectivity index (χ0) is 28.8. The summed E-state index contributed by atoms with van der Waals surface area (Å²) in [7, 11) is 3.30.